The second-order valence-corrected chi connectivity index (χ2v) is 9.47. The number of aromatic nitrogens is 2. The van der Waals surface area contributed by atoms with Gasteiger partial charge in [0.25, 0.3) is 0 Å². The van der Waals surface area contributed by atoms with Crippen LogP contribution in [0.25, 0.3) is 0 Å². The van der Waals surface area contributed by atoms with Crippen LogP contribution in [0.2, 0.25) is 0 Å². The molecular formula is C19H23FN4O3S. The Morgan fingerprint density at radius 3 is 2.96 bits per heavy atom. The molecule has 2 aliphatic heterocycles. The third-order valence-corrected chi connectivity index (χ3v) is 6.14. The monoisotopic (exact) mass is 406 g/mol. The van der Waals surface area contributed by atoms with Gasteiger partial charge in [0.1, 0.15) is 12.0 Å². The molecule has 0 spiro atoms. The number of ether oxygens (including phenoxy) is 1. The second kappa shape index (κ2) is 7.04. The second-order valence-electron chi connectivity index (χ2n) is 7.81. The number of halogens is 1. The number of amides is 1. The molecule has 28 heavy (non-hydrogen) atoms. The Hall–Kier alpha value is -2.13. The van der Waals surface area contributed by atoms with Gasteiger partial charge >= 0.3 is 5.69 Å². The molecule has 0 aromatic carbocycles. The summed E-state index contributed by atoms with van der Waals surface area (Å²) in [6.07, 6.45) is 3.72. The van der Waals surface area contributed by atoms with Gasteiger partial charge in [-0.15, -0.1) is 0 Å². The Labute approximate surface area is 166 Å². The maximum Gasteiger partial charge on any atom is 0.351 e. The van der Waals surface area contributed by atoms with Crippen LogP contribution in [-0.4, -0.2) is 32.6 Å². The van der Waals surface area contributed by atoms with Gasteiger partial charge in [0.15, 0.2) is 6.23 Å². The molecule has 7 nitrogen and oxygen atoms in total. The van der Waals surface area contributed by atoms with Crippen LogP contribution in [-0.2, 0) is 9.53 Å². The topological polar surface area (TPSA) is 85.3 Å². The normalized spacial score (nSPS) is 30.9. The van der Waals surface area contributed by atoms with E-state index in [1.165, 1.54) is 12.3 Å². The van der Waals surface area contributed by atoms with E-state index in [1.54, 1.807) is 18.7 Å². The van der Waals surface area contributed by atoms with E-state index in [0.717, 1.165) is 15.2 Å². The Kier molecular flexibility index (Phi) is 4.83. The molecule has 4 atom stereocenters. The number of alkyl halides is 1. The molecule has 1 aliphatic carbocycles. The van der Waals surface area contributed by atoms with E-state index in [-0.39, 0.29) is 35.0 Å². The Morgan fingerprint density at radius 1 is 1.50 bits per heavy atom. The molecule has 2 saturated heterocycles. The molecule has 1 aromatic rings. The largest absolute Gasteiger partial charge is 0.370 e. The van der Waals surface area contributed by atoms with Gasteiger partial charge in [0, 0.05) is 23.2 Å². The van der Waals surface area contributed by atoms with Gasteiger partial charge in [-0.25, -0.2) is 9.18 Å². The molecule has 4 rings (SSSR count). The maximum atomic E-state index is 14.0. The average molecular weight is 406 g/mol. The summed E-state index contributed by atoms with van der Waals surface area (Å²) in [6, 6.07) is 1.49. The number of nitrogens with zero attached hydrogens (tertiary/aromatic N) is 2. The summed E-state index contributed by atoms with van der Waals surface area (Å²) < 4.78 is 20.6. The average Bonchev–Trinajstić information content (AvgIpc) is 3.10. The van der Waals surface area contributed by atoms with Gasteiger partial charge in [-0.05, 0) is 39.3 Å². The highest BCUT2D eigenvalue weighted by atomic mass is 32.2. The van der Waals surface area contributed by atoms with E-state index < -0.39 is 18.1 Å². The van der Waals surface area contributed by atoms with Crippen molar-refractivity contribution in [3.05, 3.63) is 45.5 Å². The molecule has 0 radical (unpaired) electrons. The fourth-order valence-corrected chi connectivity index (χ4v) is 4.77. The molecule has 3 unspecified atom stereocenters. The van der Waals surface area contributed by atoms with Crippen LogP contribution < -0.4 is 16.3 Å². The molecule has 0 saturated carbocycles. The summed E-state index contributed by atoms with van der Waals surface area (Å²) in [5, 5.41) is 6.08. The van der Waals surface area contributed by atoms with Crippen molar-refractivity contribution in [2.75, 3.05) is 5.32 Å². The zero-order valence-electron chi connectivity index (χ0n) is 15.9. The number of allylic oxidation sites excluding steroid dienone is 1. The van der Waals surface area contributed by atoms with Crippen molar-refractivity contribution in [3.8, 4) is 0 Å². The first-order valence-electron chi connectivity index (χ1n) is 9.31. The standard InChI is InChI=1S/C19H23FN4O3S/c1-10-8-12(20)17(27-10)24-7-6-15(22-18(24)26)21-16(25)11-4-5-14-13(9-11)23-19(2,3)28-14/h5-7,9-12,17,23H,4,8H2,1-3H3,(H,21,22,25,26)/t10?,11?,12-,17?/m0/s1. The Balaban J connectivity index is 1.45. The molecule has 2 fully saturated rings. The lowest BCUT2D eigenvalue weighted by molar-refractivity contribution is -0.118. The van der Waals surface area contributed by atoms with E-state index in [2.05, 4.69) is 35.5 Å². The molecule has 3 heterocycles. The van der Waals surface area contributed by atoms with E-state index in [9.17, 15) is 14.0 Å². The smallest absolute Gasteiger partial charge is 0.351 e. The first kappa shape index (κ1) is 19.2. The highest BCUT2D eigenvalue weighted by Gasteiger charge is 2.36. The molecule has 2 N–H and O–H groups in total. The molecular weight excluding hydrogens is 383 g/mol. The fourth-order valence-electron chi connectivity index (χ4n) is 3.65. The number of hydrogen-bond donors (Lipinski definition) is 2. The van der Waals surface area contributed by atoms with Crippen LogP contribution >= 0.6 is 11.8 Å². The summed E-state index contributed by atoms with van der Waals surface area (Å²) in [6.45, 7) is 5.93. The summed E-state index contributed by atoms with van der Waals surface area (Å²) in [7, 11) is 0. The maximum absolute atomic E-state index is 14.0. The molecule has 1 amide bonds. The van der Waals surface area contributed by atoms with Crippen LogP contribution in [0, 0.1) is 5.92 Å². The zero-order valence-corrected chi connectivity index (χ0v) is 16.8. The number of rotatable bonds is 3. The minimum Gasteiger partial charge on any atom is -0.370 e. The third kappa shape index (κ3) is 3.73. The highest BCUT2D eigenvalue weighted by molar-refractivity contribution is 8.04. The minimum absolute atomic E-state index is 0.0941. The van der Waals surface area contributed by atoms with Crippen LogP contribution in [0.1, 0.15) is 39.8 Å². The van der Waals surface area contributed by atoms with Gasteiger partial charge in [0.2, 0.25) is 5.91 Å². The van der Waals surface area contributed by atoms with Crippen LogP contribution in [0.3, 0.4) is 0 Å². The zero-order chi connectivity index (χ0) is 20.1. The lowest BCUT2D eigenvalue weighted by atomic mass is 9.98. The summed E-state index contributed by atoms with van der Waals surface area (Å²) in [5.41, 5.74) is 0.311. The predicted molar refractivity (Wildman–Crippen MR) is 105 cm³/mol. The predicted octanol–water partition coefficient (Wildman–Crippen LogP) is 2.69. The highest BCUT2D eigenvalue weighted by Crippen LogP contribution is 2.44. The lowest BCUT2D eigenvalue weighted by Crippen LogP contribution is -2.32. The van der Waals surface area contributed by atoms with Crippen LogP contribution in [0.4, 0.5) is 10.2 Å². The van der Waals surface area contributed by atoms with Crippen molar-refractivity contribution in [2.45, 2.75) is 57.0 Å². The number of fused-ring (bicyclic) bond motifs is 1. The first-order chi connectivity index (χ1) is 13.2. The number of anilines is 1. The van der Waals surface area contributed by atoms with Crippen molar-refractivity contribution in [1.82, 2.24) is 14.9 Å². The van der Waals surface area contributed by atoms with E-state index >= 15 is 0 Å². The number of thioether (sulfide) groups is 1. The number of hydrogen-bond acceptors (Lipinski definition) is 6. The van der Waals surface area contributed by atoms with Crippen molar-refractivity contribution in [3.63, 3.8) is 0 Å². The van der Waals surface area contributed by atoms with Gasteiger partial charge in [0.05, 0.1) is 16.9 Å². The summed E-state index contributed by atoms with van der Waals surface area (Å²) in [4.78, 5) is 29.8. The molecule has 1 aromatic heterocycles. The van der Waals surface area contributed by atoms with Gasteiger partial charge in [-0.1, -0.05) is 17.8 Å². The van der Waals surface area contributed by atoms with Crippen molar-refractivity contribution in [1.29, 1.82) is 0 Å². The van der Waals surface area contributed by atoms with Crippen molar-refractivity contribution >= 4 is 23.5 Å². The molecule has 0 bridgehead atoms. The number of nitrogens with one attached hydrogen (secondary N) is 2. The summed E-state index contributed by atoms with van der Waals surface area (Å²) in [5.74, 6) is -0.438. The quantitative estimate of drug-likeness (QED) is 0.803. The number of carbonyl (C=O) groups excluding carboxylic acids is 1. The number of carbonyl (C=O) groups is 1. The van der Waals surface area contributed by atoms with Crippen molar-refractivity contribution < 1.29 is 13.9 Å². The van der Waals surface area contributed by atoms with Gasteiger partial charge in [-0.2, -0.15) is 4.98 Å². The van der Waals surface area contributed by atoms with Crippen LogP contribution in [0.15, 0.2) is 39.8 Å². The summed E-state index contributed by atoms with van der Waals surface area (Å²) >= 11 is 1.74. The third-order valence-electron chi connectivity index (χ3n) is 4.92. The Bertz CT molecular complexity index is 926. The Morgan fingerprint density at radius 2 is 2.29 bits per heavy atom. The molecule has 3 aliphatic rings. The fraction of sp³-hybridized carbons (Fsp3) is 0.526. The van der Waals surface area contributed by atoms with E-state index in [1.807, 2.05) is 6.08 Å². The minimum atomic E-state index is -1.26. The lowest BCUT2D eigenvalue weighted by Gasteiger charge is -2.18. The van der Waals surface area contributed by atoms with Gasteiger partial charge < -0.3 is 15.4 Å². The first-order valence-corrected chi connectivity index (χ1v) is 10.1. The SMILES string of the molecule is CC1C[C@H](F)C(n2ccc(NC(=O)C3C=C4NC(C)(C)SC4=CC3)nc2=O)O1. The van der Waals surface area contributed by atoms with E-state index in [4.69, 9.17) is 4.74 Å². The van der Waals surface area contributed by atoms with E-state index in [0.29, 0.717) is 6.42 Å². The van der Waals surface area contributed by atoms with Crippen molar-refractivity contribution in [2.24, 2.45) is 5.92 Å². The van der Waals surface area contributed by atoms with Gasteiger partial charge in [-0.3, -0.25) is 9.36 Å². The van der Waals surface area contributed by atoms with Crippen LogP contribution in [0.5, 0.6) is 0 Å². The molecule has 150 valence electrons. The molecule has 9 heteroatoms.